The van der Waals surface area contributed by atoms with Gasteiger partial charge in [0.05, 0.1) is 40.3 Å². The van der Waals surface area contributed by atoms with Crippen LogP contribution < -0.4 is 0 Å². The molecular weight excluding hydrogens is 426 g/mol. The molecule has 0 atom stereocenters. The van der Waals surface area contributed by atoms with Crippen LogP contribution in [0.2, 0.25) is 0 Å². The number of sulfone groups is 1. The molecule has 0 aliphatic carbocycles. The zero-order chi connectivity index (χ0) is 21.5. The number of aromatic nitrogens is 2. The molecular formula is C21H22ClN3O4S. The summed E-state index contributed by atoms with van der Waals surface area (Å²) in [6.45, 7) is 5.42. The van der Waals surface area contributed by atoms with E-state index in [-0.39, 0.29) is 22.2 Å². The number of carbonyl (C=O) groups excluding carboxylic acids is 1. The lowest BCUT2D eigenvalue weighted by molar-refractivity contribution is 0.0298. The zero-order valence-electron chi connectivity index (χ0n) is 16.8. The second-order valence-electron chi connectivity index (χ2n) is 7.18. The van der Waals surface area contributed by atoms with Crippen LogP contribution in [0.4, 0.5) is 0 Å². The van der Waals surface area contributed by atoms with Crippen LogP contribution in [-0.2, 0) is 20.3 Å². The SMILES string of the molecule is CC=CC(Cl)=C(C)n1nc(C(=O)N2CCOCC2)c2c1-c1ccccc1S(=O)(=O)C2. The maximum absolute atomic E-state index is 13.3. The molecule has 9 heteroatoms. The summed E-state index contributed by atoms with van der Waals surface area (Å²) in [4.78, 5) is 15.1. The van der Waals surface area contributed by atoms with E-state index in [2.05, 4.69) is 5.10 Å². The Kier molecular flexibility index (Phi) is 5.57. The Morgan fingerprint density at radius 2 is 1.93 bits per heavy atom. The number of halogens is 1. The molecule has 1 amide bonds. The van der Waals surface area contributed by atoms with E-state index in [9.17, 15) is 13.2 Å². The van der Waals surface area contributed by atoms with E-state index in [0.717, 1.165) is 0 Å². The summed E-state index contributed by atoms with van der Waals surface area (Å²) < 4.78 is 32.9. The van der Waals surface area contributed by atoms with Gasteiger partial charge in [0.1, 0.15) is 0 Å². The van der Waals surface area contributed by atoms with Crippen molar-refractivity contribution in [2.75, 3.05) is 26.3 Å². The van der Waals surface area contributed by atoms with E-state index in [0.29, 0.717) is 53.9 Å². The maximum atomic E-state index is 13.3. The van der Waals surface area contributed by atoms with Crippen LogP contribution in [0.5, 0.6) is 0 Å². The number of rotatable bonds is 3. The Balaban J connectivity index is 1.97. The Bertz CT molecular complexity index is 1170. The van der Waals surface area contributed by atoms with Gasteiger partial charge in [-0.2, -0.15) is 5.10 Å². The number of nitrogens with zero attached hydrogens (tertiary/aromatic N) is 3. The molecule has 0 saturated carbocycles. The van der Waals surface area contributed by atoms with Gasteiger partial charge in [0.2, 0.25) is 0 Å². The first-order valence-corrected chi connectivity index (χ1v) is 11.7. The van der Waals surface area contributed by atoms with Crippen LogP contribution in [0.15, 0.2) is 46.3 Å². The van der Waals surface area contributed by atoms with Crippen molar-refractivity contribution >= 4 is 33.0 Å². The van der Waals surface area contributed by atoms with E-state index in [1.807, 2.05) is 6.92 Å². The molecule has 30 heavy (non-hydrogen) atoms. The lowest BCUT2D eigenvalue weighted by atomic mass is 10.0. The summed E-state index contributed by atoms with van der Waals surface area (Å²) in [5, 5.41) is 5.04. The Morgan fingerprint density at radius 1 is 1.23 bits per heavy atom. The molecule has 0 bridgehead atoms. The topological polar surface area (TPSA) is 81.5 Å². The van der Waals surface area contributed by atoms with Crippen molar-refractivity contribution in [3.05, 3.63) is 52.7 Å². The Labute approximate surface area is 180 Å². The van der Waals surface area contributed by atoms with Gasteiger partial charge in [0.25, 0.3) is 5.91 Å². The van der Waals surface area contributed by atoms with E-state index >= 15 is 0 Å². The largest absolute Gasteiger partial charge is 0.378 e. The summed E-state index contributed by atoms with van der Waals surface area (Å²) in [6, 6.07) is 6.79. The molecule has 1 saturated heterocycles. The predicted molar refractivity (Wildman–Crippen MR) is 115 cm³/mol. The lowest BCUT2D eigenvalue weighted by Gasteiger charge is -2.26. The van der Waals surface area contributed by atoms with Crippen LogP contribution in [0.3, 0.4) is 0 Å². The molecule has 1 aromatic heterocycles. The summed E-state index contributed by atoms with van der Waals surface area (Å²) >= 11 is 6.43. The minimum absolute atomic E-state index is 0.147. The second-order valence-corrected chi connectivity index (χ2v) is 9.55. The molecule has 0 radical (unpaired) electrons. The number of ether oxygens (including phenoxy) is 1. The van der Waals surface area contributed by atoms with Crippen molar-refractivity contribution in [3.8, 4) is 11.3 Å². The number of morpholine rings is 1. The summed E-state index contributed by atoms with van der Waals surface area (Å²) in [7, 11) is -3.60. The third-order valence-electron chi connectivity index (χ3n) is 5.27. The van der Waals surface area contributed by atoms with Gasteiger partial charge in [-0.25, -0.2) is 13.1 Å². The highest BCUT2D eigenvalue weighted by Crippen LogP contribution is 2.41. The van der Waals surface area contributed by atoms with Crippen molar-refractivity contribution in [2.45, 2.75) is 24.5 Å². The summed E-state index contributed by atoms with van der Waals surface area (Å²) in [5.74, 6) is -0.572. The molecule has 4 rings (SSSR count). The first-order chi connectivity index (χ1) is 14.3. The first-order valence-electron chi connectivity index (χ1n) is 9.65. The smallest absolute Gasteiger partial charge is 0.274 e. The number of allylic oxidation sites excluding steroid dienone is 4. The first kappa shape index (κ1) is 20.8. The average molecular weight is 448 g/mol. The Morgan fingerprint density at radius 3 is 2.63 bits per heavy atom. The summed E-state index contributed by atoms with van der Waals surface area (Å²) in [5.41, 5.74) is 2.29. The van der Waals surface area contributed by atoms with Gasteiger partial charge in [-0.1, -0.05) is 35.9 Å². The van der Waals surface area contributed by atoms with Crippen LogP contribution >= 0.6 is 11.6 Å². The standard InChI is InChI=1S/C21H22ClN3O4S/c1-3-6-17(22)14(2)25-20-15-7-4-5-8-18(15)30(27,28)13-16(20)19(23-25)21(26)24-9-11-29-12-10-24/h3-8H,9-13H2,1-2H3. The van der Waals surface area contributed by atoms with Crippen LogP contribution in [0, 0.1) is 0 Å². The third-order valence-corrected chi connectivity index (χ3v) is 7.37. The van der Waals surface area contributed by atoms with Gasteiger partial charge >= 0.3 is 0 Å². The van der Waals surface area contributed by atoms with Crippen molar-refractivity contribution < 1.29 is 17.9 Å². The van der Waals surface area contributed by atoms with Crippen LogP contribution in [-0.4, -0.2) is 55.3 Å². The number of hydrogen-bond acceptors (Lipinski definition) is 5. The van der Waals surface area contributed by atoms with Crippen molar-refractivity contribution in [3.63, 3.8) is 0 Å². The van der Waals surface area contributed by atoms with Gasteiger partial charge in [0.15, 0.2) is 15.5 Å². The van der Waals surface area contributed by atoms with Crippen molar-refractivity contribution in [1.29, 1.82) is 0 Å². The van der Waals surface area contributed by atoms with Crippen LogP contribution in [0.25, 0.3) is 17.0 Å². The molecule has 158 valence electrons. The van der Waals surface area contributed by atoms with Gasteiger partial charge < -0.3 is 9.64 Å². The molecule has 3 heterocycles. The number of hydrogen-bond donors (Lipinski definition) is 0. The van der Waals surface area contributed by atoms with Gasteiger partial charge in [-0.05, 0) is 26.0 Å². The molecule has 1 fully saturated rings. The average Bonchev–Trinajstić information content (AvgIpc) is 3.12. The van der Waals surface area contributed by atoms with Gasteiger partial charge in [-0.15, -0.1) is 0 Å². The summed E-state index contributed by atoms with van der Waals surface area (Å²) in [6.07, 6.45) is 3.54. The molecule has 2 aromatic rings. The van der Waals surface area contributed by atoms with E-state index in [1.54, 1.807) is 52.9 Å². The molecule has 2 aliphatic heterocycles. The quantitative estimate of drug-likeness (QED) is 0.674. The van der Waals surface area contributed by atoms with Gasteiger partial charge in [0, 0.05) is 24.2 Å². The fraction of sp³-hybridized carbons (Fsp3) is 0.333. The van der Waals surface area contributed by atoms with E-state index < -0.39 is 9.84 Å². The number of amides is 1. The number of benzene rings is 1. The highest BCUT2D eigenvalue weighted by Gasteiger charge is 2.37. The zero-order valence-corrected chi connectivity index (χ0v) is 18.3. The number of carbonyl (C=O) groups is 1. The molecule has 0 unspecified atom stereocenters. The lowest BCUT2D eigenvalue weighted by Crippen LogP contribution is -2.41. The molecule has 2 aliphatic rings. The minimum Gasteiger partial charge on any atom is -0.378 e. The van der Waals surface area contributed by atoms with Crippen LogP contribution in [0.1, 0.15) is 29.9 Å². The monoisotopic (exact) mass is 447 g/mol. The fourth-order valence-electron chi connectivity index (χ4n) is 3.76. The number of fused-ring (bicyclic) bond motifs is 3. The van der Waals surface area contributed by atoms with E-state index in [1.165, 1.54) is 0 Å². The van der Waals surface area contributed by atoms with Gasteiger partial charge in [-0.3, -0.25) is 4.79 Å². The molecule has 0 spiro atoms. The molecule has 0 N–H and O–H groups in total. The molecule has 1 aromatic carbocycles. The third kappa shape index (κ3) is 3.49. The Hall–Kier alpha value is -2.42. The normalized spacial score (nSPS) is 18.7. The highest BCUT2D eigenvalue weighted by atomic mass is 35.5. The predicted octanol–water partition coefficient (Wildman–Crippen LogP) is 3.31. The minimum atomic E-state index is -3.60. The van der Waals surface area contributed by atoms with Crippen molar-refractivity contribution in [1.82, 2.24) is 14.7 Å². The van der Waals surface area contributed by atoms with Crippen molar-refractivity contribution in [2.24, 2.45) is 0 Å². The van der Waals surface area contributed by atoms with E-state index in [4.69, 9.17) is 16.3 Å². The molecule has 7 nitrogen and oxygen atoms in total. The maximum Gasteiger partial charge on any atom is 0.274 e. The second kappa shape index (κ2) is 8.02. The highest BCUT2D eigenvalue weighted by molar-refractivity contribution is 7.90. The fourth-order valence-corrected chi connectivity index (χ4v) is 5.56.